The highest BCUT2D eigenvalue weighted by Gasteiger charge is 2.14. The average Bonchev–Trinajstić information content (AvgIpc) is 2.39. The van der Waals surface area contributed by atoms with Crippen molar-refractivity contribution in [2.75, 3.05) is 27.3 Å². The summed E-state index contributed by atoms with van der Waals surface area (Å²) in [6.07, 6.45) is 0. The second kappa shape index (κ2) is 6.50. The second-order valence-corrected chi connectivity index (χ2v) is 4.04. The molecule has 1 rings (SSSR count). The van der Waals surface area contributed by atoms with Crippen LogP contribution in [0.15, 0.2) is 18.2 Å². The molecule has 1 aromatic carbocycles. The largest absolute Gasteiger partial charge is 0.497 e. The van der Waals surface area contributed by atoms with Crippen LogP contribution in [0.3, 0.4) is 0 Å². The van der Waals surface area contributed by atoms with Crippen molar-refractivity contribution in [3.8, 4) is 11.5 Å². The van der Waals surface area contributed by atoms with Crippen molar-refractivity contribution in [2.24, 2.45) is 0 Å². The molecule has 0 radical (unpaired) electrons. The van der Waals surface area contributed by atoms with E-state index in [0.29, 0.717) is 6.04 Å². The molecular formula is C14H23NO2. The number of ether oxygens (including phenoxy) is 2. The molecule has 96 valence electrons. The van der Waals surface area contributed by atoms with Gasteiger partial charge in [-0.15, -0.1) is 0 Å². The number of hydrogen-bond donors (Lipinski definition) is 0. The molecule has 0 aliphatic heterocycles. The monoisotopic (exact) mass is 237 g/mol. The Hall–Kier alpha value is -1.22. The highest BCUT2D eigenvalue weighted by atomic mass is 16.5. The maximum Gasteiger partial charge on any atom is 0.122 e. The van der Waals surface area contributed by atoms with Gasteiger partial charge in [0.2, 0.25) is 0 Å². The van der Waals surface area contributed by atoms with Gasteiger partial charge < -0.3 is 9.47 Å². The van der Waals surface area contributed by atoms with Crippen LogP contribution >= 0.6 is 0 Å². The van der Waals surface area contributed by atoms with Gasteiger partial charge in [-0.25, -0.2) is 0 Å². The van der Waals surface area contributed by atoms with Crippen molar-refractivity contribution in [3.63, 3.8) is 0 Å². The Morgan fingerprint density at radius 2 is 1.47 bits per heavy atom. The van der Waals surface area contributed by atoms with Crippen LogP contribution in [0.5, 0.6) is 11.5 Å². The van der Waals surface area contributed by atoms with Crippen LogP contribution in [-0.2, 0) is 0 Å². The minimum absolute atomic E-state index is 0.369. The molecule has 0 spiro atoms. The molecule has 0 N–H and O–H groups in total. The topological polar surface area (TPSA) is 21.7 Å². The van der Waals surface area contributed by atoms with E-state index in [0.717, 1.165) is 24.6 Å². The summed E-state index contributed by atoms with van der Waals surface area (Å²) in [6.45, 7) is 8.64. The predicted octanol–water partition coefficient (Wildman–Crippen LogP) is 3.11. The zero-order valence-electron chi connectivity index (χ0n) is 11.5. The van der Waals surface area contributed by atoms with E-state index in [1.165, 1.54) is 5.56 Å². The summed E-state index contributed by atoms with van der Waals surface area (Å²) in [6, 6.07) is 6.42. The summed E-state index contributed by atoms with van der Waals surface area (Å²) >= 11 is 0. The SMILES string of the molecule is CCN(CC)C(C)c1cc(OC)cc(OC)c1. The number of methoxy groups -OCH3 is 2. The van der Waals surface area contributed by atoms with Gasteiger partial charge in [-0.1, -0.05) is 13.8 Å². The summed E-state index contributed by atoms with van der Waals surface area (Å²) in [5, 5.41) is 0. The van der Waals surface area contributed by atoms with Gasteiger partial charge in [-0.05, 0) is 37.7 Å². The first-order valence-electron chi connectivity index (χ1n) is 6.13. The molecule has 1 unspecified atom stereocenters. The third-order valence-corrected chi connectivity index (χ3v) is 3.22. The first-order valence-corrected chi connectivity index (χ1v) is 6.13. The molecule has 0 amide bonds. The lowest BCUT2D eigenvalue weighted by atomic mass is 10.1. The fraction of sp³-hybridized carbons (Fsp3) is 0.571. The molecule has 1 aromatic rings. The van der Waals surface area contributed by atoms with E-state index >= 15 is 0 Å². The molecule has 0 bridgehead atoms. The van der Waals surface area contributed by atoms with Crippen molar-refractivity contribution in [2.45, 2.75) is 26.8 Å². The molecule has 0 heterocycles. The first-order chi connectivity index (χ1) is 8.15. The summed E-state index contributed by atoms with van der Waals surface area (Å²) in [5.41, 5.74) is 1.23. The molecule has 3 nitrogen and oxygen atoms in total. The van der Waals surface area contributed by atoms with E-state index in [1.54, 1.807) is 14.2 Å². The van der Waals surface area contributed by atoms with Gasteiger partial charge in [0.25, 0.3) is 0 Å². The van der Waals surface area contributed by atoms with E-state index in [-0.39, 0.29) is 0 Å². The Morgan fingerprint density at radius 1 is 1.00 bits per heavy atom. The molecule has 0 saturated heterocycles. The molecule has 0 fully saturated rings. The van der Waals surface area contributed by atoms with Crippen LogP contribution in [0.4, 0.5) is 0 Å². The van der Waals surface area contributed by atoms with Crippen molar-refractivity contribution >= 4 is 0 Å². The quantitative estimate of drug-likeness (QED) is 0.759. The fourth-order valence-electron chi connectivity index (χ4n) is 2.05. The van der Waals surface area contributed by atoms with E-state index < -0.39 is 0 Å². The maximum atomic E-state index is 5.30. The van der Waals surface area contributed by atoms with Gasteiger partial charge >= 0.3 is 0 Å². The molecule has 0 aliphatic rings. The van der Waals surface area contributed by atoms with E-state index in [9.17, 15) is 0 Å². The van der Waals surface area contributed by atoms with Crippen LogP contribution in [0.25, 0.3) is 0 Å². The van der Waals surface area contributed by atoms with Crippen molar-refractivity contribution in [1.29, 1.82) is 0 Å². The summed E-state index contributed by atoms with van der Waals surface area (Å²) in [7, 11) is 3.36. The number of nitrogens with zero attached hydrogens (tertiary/aromatic N) is 1. The number of rotatable bonds is 6. The first kappa shape index (κ1) is 13.8. The van der Waals surface area contributed by atoms with Crippen LogP contribution in [0.2, 0.25) is 0 Å². The van der Waals surface area contributed by atoms with Crippen molar-refractivity contribution < 1.29 is 9.47 Å². The molecule has 3 heteroatoms. The lowest BCUT2D eigenvalue weighted by Gasteiger charge is -2.27. The van der Waals surface area contributed by atoms with Crippen LogP contribution in [-0.4, -0.2) is 32.2 Å². The fourth-order valence-corrected chi connectivity index (χ4v) is 2.05. The average molecular weight is 237 g/mol. The molecule has 0 aromatic heterocycles. The Kier molecular flexibility index (Phi) is 5.29. The smallest absolute Gasteiger partial charge is 0.122 e. The summed E-state index contributed by atoms with van der Waals surface area (Å²) in [5.74, 6) is 1.69. The van der Waals surface area contributed by atoms with Gasteiger partial charge in [0, 0.05) is 12.1 Å². The van der Waals surface area contributed by atoms with Gasteiger partial charge in [0.1, 0.15) is 11.5 Å². The van der Waals surface area contributed by atoms with Crippen LogP contribution in [0.1, 0.15) is 32.4 Å². The van der Waals surface area contributed by atoms with Crippen LogP contribution in [0, 0.1) is 0 Å². The minimum atomic E-state index is 0.369. The Labute approximate surface area is 104 Å². The van der Waals surface area contributed by atoms with E-state index in [2.05, 4.69) is 37.8 Å². The standard InChI is InChI=1S/C14H23NO2/c1-6-15(7-2)11(3)12-8-13(16-4)10-14(9-12)17-5/h8-11H,6-7H2,1-5H3. The molecule has 0 aliphatic carbocycles. The second-order valence-electron chi connectivity index (χ2n) is 4.04. The Bertz CT molecular complexity index is 326. The van der Waals surface area contributed by atoms with Crippen LogP contribution < -0.4 is 9.47 Å². The zero-order valence-corrected chi connectivity index (χ0v) is 11.5. The highest BCUT2D eigenvalue weighted by Crippen LogP contribution is 2.28. The highest BCUT2D eigenvalue weighted by molar-refractivity contribution is 5.39. The van der Waals surface area contributed by atoms with Gasteiger partial charge in [-0.2, -0.15) is 0 Å². The van der Waals surface area contributed by atoms with E-state index in [4.69, 9.17) is 9.47 Å². The number of hydrogen-bond acceptors (Lipinski definition) is 3. The minimum Gasteiger partial charge on any atom is -0.497 e. The summed E-state index contributed by atoms with van der Waals surface area (Å²) < 4.78 is 10.6. The predicted molar refractivity (Wildman–Crippen MR) is 70.9 cm³/mol. The molecule has 1 atom stereocenters. The van der Waals surface area contributed by atoms with E-state index in [1.807, 2.05) is 6.07 Å². The van der Waals surface area contributed by atoms with Gasteiger partial charge in [0.15, 0.2) is 0 Å². The third-order valence-electron chi connectivity index (χ3n) is 3.22. The van der Waals surface area contributed by atoms with Gasteiger partial charge in [0.05, 0.1) is 14.2 Å². The molecule has 17 heavy (non-hydrogen) atoms. The van der Waals surface area contributed by atoms with Crippen molar-refractivity contribution in [3.05, 3.63) is 23.8 Å². The maximum absolute atomic E-state index is 5.30. The third kappa shape index (κ3) is 3.37. The lowest BCUT2D eigenvalue weighted by Crippen LogP contribution is -2.26. The Morgan fingerprint density at radius 3 is 1.82 bits per heavy atom. The lowest BCUT2D eigenvalue weighted by molar-refractivity contribution is 0.233. The molecule has 0 saturated carbocycles. The zero-order chi connectivity index (χ0) is 12.8. The molecular weight excluding hydrogens is 214 g/mol. The number of benzene rings is 1. The van der Waals surface area contributed by atoms with Crippen molar-refractivity contribution in [1.82, 2.24) is 4.90 Å². The van der Waals surface area contributed by atoms with Gasteiger partial charge in [-0.3, -0.25) is 4.90 Å². The summed E-state index contributed by atoms with van der Waals surface area (Å²) in [4.78, 5) is 2.40. The normalized spacial score (nSPS) is 12.6. The Balaban J connectivity index is 3.02.